The molecule has 0 aliphatic carbocycles. The van der Waals surface area contributed by atoms with Crippen molar-refractivity contribution >= 4 is 17.9 Å². The number of likely N-dealkylation sites (N-methyl/N-ethyl adjacent to an activating group) is 1. The van der Waals surface area contributed by atoms with E-state index in [1.54, 1.807) is 20.8 Å². The third-order valence-electron chi connectivity index (χ3n) is 1.23. The largest absolute Gasteiger partial charge is 0.442 e. The van der Waals surface area contributed by atoms with Crippen LogP contribution < -0.4 is 11.2 Å². The van der Waals surface area contributed by atoms with Gasteiger partial charge < -0.3 is 10.1 Å². The van der Waals surface area contributed by atoms with Crippen molar-refractivity contribution in [3.05, 3.63) is 0 Å². The van der Waals surface area contributed by atoms with Crippen LogP contribution in [0.25, 0.3) is 0 Å². The predicted octanol–water partition coefficient (Wildman–Crippen LogP) is -0.630. The molecule has 0 aliphatic rings. The summed E-state index contributed by atoms with van der Waals surface area (Å²) in [6, 6.07) is 0. The van der Waals surface area contributed by atoms with Crippen LogP contribution in [0.2, 0.25) is 0 Å². The SMILES string of the molecule is CNC(=O)C(=O)N(N)C(=O)OC(C)(C)C. The summed E-state index contributed by atoms with van der Waals surface area (Å²) in [5.74, 6) is 2.94. The van der Waals surface area contributed by atoms with Gasteiger partial charge in [0.15, 0.2) is 0 Å². The molecule has 0 aliphatic heterocycles. The summed E-state index contributed by atoms with van der Waals surface area (Å²) in [4.78, 5) is 33.1. The van der Waals surface area contributed by atoms with Crippen molar-refractivity contribution < 1.29 is 19.1 Å². The number of nitrogens with one attached hydrogen (secondary N) is 1. The number of carbonyl (C=O) groups excluding carboxylic acids is 3. The van der Waals surface area contributed by atoms with Crippen molar-refractivity contribution in [2.24, 2.45) is 5.84 Å². The fraction of sp³-hybridized carbons (Fsp3) is 0.625. The Morgan fingerprint density at radius 3 is 2.07 bits per heavy atom. The molecular formula is C8H15N3O4. The Bertz CT molecular complexity index is 282. The molecule has 7 heteroatoms. The van der Waals surface area contributed by atoms with E-state index in [4.69, 9.17) is 10.6 Å². The van der Waals surface area contributed by atoms with Gasteiger partial charge in [-0.1, -0.05) is 0 Å². The Morgan fingerprint density at radius 2 is 1.73 bits per heavy atom. The summed E-state index contributed by atoms with van der Waals surface area (Å²) < 4.78 is 4.78. The molecule has 3 amide bonds. The Hall–Kier alpha value is -1.63. The molecule has 0 fully saturated rings. The highest BCUT2D eigenvalue weighted by molar-refractivity contribution is 6.37. The zero-order valence-electron chi connectivity index (χ0n) is 9.16. The molecular weight excluding hydrogens is 202 g/mol. The molecule has 0 unspecified atom stereocenters. The van der Waals surface area contributed by atoms with Crippen molar-refractivity contribution in [2.75, 3.05) is 7.05 Å². The molecule has 0 atom stereocenters. The summed E-state index contributed by atoms with van der Waals surface area (Å²) in [5, 5.41) is 2.17. The van der Waals surface area contributed by atoms with Crippen LogP contribution in [-0.4, -0.2) is 35.6 Å². The molecule has 0 aromatic heterocycles. The molecule has 15 heavy (non-hydrogen) atoms. The molecule has 0 aromatic carbocycles. The van der Waals surface area contributed by atoms with E-state index in [-0.39, 0.29) is 5.01 Å². The first-order valence-electron chi connectivity index (χ1n) is 4.23. The van der Waals surface area contributed by atoms with Crippen LogP contribution in [-0.2, 0) is 14.3 Å². The number of nitrogens with zero attached hydrogens (tertiary/aromatic N) is 1. The lowest BCUT2D eigenvalue weighted by molar-refractivity contribution is -0.145. The van der Waals surface area contributed by atoms with Crippen molar-refractivity contribution in [1.82, 2.24) is 10.3 Å². The quantitative estimate of drug-likeness (QED) is 0.243. The molecule has 0 bridgehead atoms. The maximum absolute atomic E-state index is 11.2. The van der Waals surface area contributed by atoms with E-state index in [1.807, 2.05) is 5.32 Å². The van der Waals surface area contributed by atoms with Crippen LogP contribution in [0.4, 0.5) is 4.79 Å². The van der Waals surface area contributed by atoms with Gasteiger partial charge in [0.2, 0.25) is 0 Å². The van der Waals surface area contributed by atoms with Gasteiger partial charge in [-0.3, -0.25) is 9.59 Å². The van der Waals surface area contributed by atoms with E-state index in [2.05, 4.69) is 0 Å². The highest BCUT2D eigenvalue weighted by Crippen LogP contribution is 2.08. The smallest absolute Gasteiger partial charge is 0.432 e. The Morgan fingerprint density at radius 1 is 1.27 bits per heavy atom. The lowest BCUT2D eigenvalue weighted by Crippen LogP contribution is -2.50. The van der Waals surface area contributed by atoms with Gasteiger partial charge in [-0.05, 0) is 20.8 Å². The van der Waals surface area contributed by atoms with Gasteiger partial charge in [0.05, 0.1) is 0 Å². The predicted molar refractivity (Wildman–Crippen MR) is 51.3 cm³/mol. The molecule has 0 rings (SSSR count). The number of hydrazine groups is 1. The minimum atomic E-state index is -1.17. The van der Waals surface area contributed by atoms with E-state index in [0.717, 1.165) is 0 Å². The zero-order valence-corrected chi connectivity index (χ0v) is 9.16. The molecule has 0 saturated carbocycles. The highest BCUT2D eigenvalue weighted by Gasteiger charge is 2.28. The number of ether oxygens (including phenoxy) is 1. The lowest BCUT2D eigenvalue weighted by atomic mass is 10.2. The number of carbonyl (C=O) groups is 3. The number of hydrogen-bond donors (Lipinski definition) is 2. The van der Waals surface area contributed by atoms with E-state index in [0.29, 0.717) is 0 Å². The third-order valence-corrected chi connectivity index (χ3v) is 1.23. The normalized spacial score (nSPS) is 10.5. The number of hydrogen-bond acceptors (Lipinski definition) is 5. The van der Waals surface area contributed by atoms with Gasteiger partial charge in [-0.25, -0.2) is 10.6 Å². The molecule has 3 N–H and O–H groups in total. The minimum Gasteiger partial charge on any atom is -0.442 e. The average molecular weight is 217 g/mol. The van der Waals surface area contributed by atoms with Gasteiger partial charge in [0, 0.05) is 7.05 Å². The molecule has 0 radical (unpaired) electrons. The Kier molecular flexibility index (Phi) is 4.22. The van der Waals surface area contributed by atoms with Crippen molar-refractivity contribution in [3.8, 4) is 0 Å². The number of imide groups is 1. The summed E-state index contributed by atoms with van der Waals surface area (Å²) in [7, 11) is 1.25. The van der Waals surface area contributed by atoms with Gasteiger partial charge in [0.25, 0.3) is 0 Å². The molecule has 0 aromatic rings. The second kappa shape index (κ2) is 4.74. The fourth-order valence-corrected chi connectivity index (χ4v) is 0.610. The zero-order chi connectivity index (χ0) is 12.2. The van der Waals surface area contributed by atoms with E-state index >= 15 is 0 Å². The van der Waals surface area contributed by atoms with Crippen molar-refractivity contribution in [1.29, 1.82) is 0 Å². The van der Waals surface area contributed by atoms with E-state index in [1.165, 1.54) is 7.05 Å². The monoisotopic (exact) mass is 217 g/mol. The third kappa shape index (κ3) is 4.41. The van der Waals surface area contributed by atoms with Crippen LogP contribution >= 0.6 is 0 Å². The van der Waals surface area contributed by atoms with Crippen LogP contribution in [0.3, 0.4) is 0 Å². The topological polar surface area (TPSA) is 102 Å². The molecule has 0 heterocycles. The molecule has 7 nitrogen and oxygen atoms in total. The standard InChI is InChI=1S/C8H15N3O4/c1-8(2,3)15-7(14)11(9)6(13)5(12)10-4/h9H2,1-4H3,(H,10,12). The summed E-state index contributed by atoms with van der Waals surface area (Å²) in [5.41, 5.74) is -0.780. The maximum Gasteiger partial charge on any atom is 0.432 e. The first kappa shape index (κ1) is 13.4. The van der Waals surface area contributed by atoms with Crippen LogP contribution in [0.5, 0.6) is 0 Å². The summed E-state index contributed by atoms with van der Waals surface area (Å²) in [6.45, 7) is 4.84. The number of rotatable bonds is 0. The first-order chi connectivity index (χ1) is 6.69. The van der Waals surface area contributed by atoms with E-state index < -0.39 is 23.5 Å². The molecule has 86 valence electrons. The van der Waals surface area contributed by atoms with Crippen LogP contribution in [0, 0.1) is 0 Å². The number of nitrogens with two attached hydrogens (primary N) is 1. The summed E-state index contributed by atoms with van der Waals surface area (Å²) in [6.07, 6.45) is -1.07. The van der Waals surface area contributed by atoms with Crippen LogP contribution in [0.1, 0.15) is 20.8 Å². The lowest BCUT2D eigenvalue weighted by Gasteiger charge is -2.22. The maximum atomic E-state index is 11.2. The van der Waals surface area contributed by atoms with Crippen LogP contribution in [0.15, 0.2) is 0 Å². The Labute approximate surface area is 87.5 Å². The van der Waals surface area contributed by atoms with Gasteiger partial charge in [0.1, 0.15) is 5.60 Å². The Balaban J connectivity index is 4.46. The second-order valence-electron chi connectivity index (χ2n) is 3.73. The second-order valence-corrected chi connectivity index (χ2v) is 3.73. The summed E-state index contributed by atoms with van der Waals surface area (Å²) >= 11 is 0. The van der Waals surface area contributed by atoms with Gasteiger partial charge in [-0.15, -0.1) is 0 Å². The molecule has 0 spiro atoms. The van der Waals surface area contributed by atoms with E-state index in [9.17, 15) is 14.4 Å². The number of amides is 3. The van der Waals surface area contributed by atoms with Crippen molar-refractivity contribution in [3.63, 3.8) is 0 Å². The van der Waals surface area contributed by atoms with Crippen molar-refractivity contribution in [2.45, 2.75) is 26.4 Å². The van der Waals surface area contributed by atoms with Gasteiger partial charge >= 0.3 is 17.9 Å². The fourth-order valence-electron chi connectivity index (χ4n) is 0.610. The van der Waals surface area contributed by atoms with Gasteiger partial charge in [-0.2, -0.15) is 5.01 Å². The molecule has 0 saturated heterocycles. The average Bonchev–Trinajstić information content (AvgIpc) is 2.11. The highest BCUT2D eigenvalue weighted by atomic mass is 16.6. The minimum absolute atomic E-state index is 0.129. The first-order valence-corrected chi connectivity index (χ1v) is 4.23.